The van der Waals surface area contributed by atoms with Crippen LogP contribution in [0.15, 0.2) is 39.8 Å². The number of benzene rings is 1. The summed E-state index contributed by atoms with van der Waals surface area (Å²) in [7, 11) is 0. The average molecular weight is 243 g/mol. The number of nitrogens with zero attached hydrogens (tertiary/aromatic N) is 5. The molecule has 2 heterocycles. The van der Waals surface area contributed by atoms with Crippen molar-refractivity contribution in [2.75, 3.05) is 13.1 Å². The van der Waals surface area contributed by atoms with Crippen molar-refractivity contribution >= 4 is 28.3 Å². The van der Waals surface area contributed by atoms with Gasteiger partial charge in [-0.3, -0.25) is 4.99 Å². The summed E-state index contributed by atoms with van der Waals surface area (Å²) < 4.78 is 0. The second kappa shape index (κ2) is 4.16. The first-order valence-electron chi connectivity index (χ1n) is 5.23. The first-order chi connectivity index (χ1) is 8.38. The van der Waals surface area contributed by atoms with Crippen molar-refractivity contribution in [3.63, 3.8) is 0 Å². The van der Waals surface area contributed by atoms with E-state index < -0.39 is 0 Å². The third-order valence-corrected chi connectivity index (χ3v) is 3.59. The minimum absolute atomic E-state index is 0.637. The fourth-order valence-electron chi connectivity index (χ4n) is 1.90. The van der Waals surface area contributed by atoms with Gasteiger partial charge in [0.1, 0.15) is 0 Å². The molecular formula is C11H9N5S. The third-order valence-electron chi connectivity index (χ3n) is 2.69. The number of thioether (sulfide) groups is 1. The molecule has 0 fully saturated rings. The molecule has 3 rings (SSSR count). The zero-order valence-corrected chi connectivity index (χ0v) is 9.76. The minimum atomic E-state index is 0.637. The van der Waals surface area contributed by atoms with E-state index in [1.807, 2.05) is 24.3 Å². The van der Waals surface area contributed by atoms with Crippen molar-refractivity contribution in [3.05, 3.63) is 45.7 Å². The summed E-state index contributed by atoms with van der Waals surface area (Å²) in [6.07, 6.45) is 0. The van der Waals surface area contributed by atoms with Crippen LogP contribution < -0.4 is 0 Å². The molecule has 0 saturated heterocycles. The Morgan fingerprint density at radius 1 is 1.35 bits per heavy atom. The summed E-state index contributed by atoms with van der Waals surface area (Å²) in [5.41, 5.74) is 11.3. The summed E-state index contributed by atoms with van der Waals surface area (Å²) in [5, 5.41) is 6.75. The van der Waals surface area contributed by atoms with Crippen LogP contribution in [0.2, 0.25) is 0 Å². The quantitative estimate of drug-likeness (QED) is 0.454. The molecule has 0 aromatic heterocycles. The zero-order valence-electron chi connectivity index (χ0n) is 8.95. The van der Waals surface area contributed by atoms with E-state index in [0.717, 1.165) is 23.8 Å². The lowest BCUT2D eigenvalue weighted by molar-refractivity contribution is 0.650. The molecule has 0 N–H and O–H groups in total. The van der Waals surface area contributed by atoms with Gasteiger partial charge in [0.05, 0.1) is 12.2 Å². The molecule has 1 aromatic carbocycles. The molecule has 0 atom stereocenters. The fraction of sp³-hybridized carbons (Fsp3) is 0.182. The maximum Gasteiger partial charge on any atom is 0.168 e. The lowest BCUT2D eigenvalue weighted by Gasteiger charge is -2.16. The Labute approximate surface area is 102 Å². The summed E-state index contributed by atoms with van der Waals surface area (Å²) in [5.74, 6) is 0. The second-order valence-corrected chi connectivity index (χ2v) is 4.51. The molecule has 0 spiro atoms. The average Bonchev–Trinajstić information content (AvgIpc) is 2.93. The van der Waals surface area contributed by atoms with Crippen molar-refractivity contribution in [2.24, 2.45) is 10.1 Å². The number of rotatable bonds is 2. The van der Waals surface area contributed by atoms with Gasteiger partial charge in [-0.2, -0.15) is 0 Å². The normalized spacial score (nSPS) is 17.3. The summed E-state index contributed by atoms with van der Waals surface area (Å²) in [6, 6.07) is 7.59. The largest absolute Gasteiger partial charge is 0.318 e. The van der Waals surface area contributed by atoms with Crippen LogP contribution in [0.4, 0.5) is 5.69 Å². The summed E-state index contributed by atoms with van der Waals surface area (Å²) in [6.45, 7) is 1.82. The van der Waals surface area contributed by atoms with Gasteiger partial charge >= 0.3 is 0 Å². The van der Waals surface area contributed by atoms with Crippen LogP contribution in [-0.2, 0) is 0 Å². The van der Waals surface area contributed by atoms with Crippen LogP contribution in [0.3, 0.4) is 0 Å². The van der Waals surface area contributed by atoms with Crippen LogP contribution in [0.5, 0.6) is 0 Å². The maximum absolute atomic E-state index is 8.34. The topological polar surface area (TPSA) is 64.4 Å². The lowest BCUT2D eigenvalue weighted by atomic mass is 10.1. The minimum Gasteiger partial charge on any atom is -0.318 e. The van der Waals surface area contributed by atoms with E-state index >= 15 is 0 Å². The van der Waals surface area contributed by atoms with E-state index in [0.29, 0.717) is 5.69 Å². The standard InChI is InChI=1S/C11H9N5S/c12-15-14-9-3-1-8(2-4-9)10-7-17-11-13-5-6-16(10)11/h1-4,7H,5-6H2. The predicted octanol–water partition coefficient (Wildman–Crippen LogP) is 3.35. The van der Waals surface area contributed by atoms with Crippen molar-refractivity contribution in [3.8, 4) is 0 Å². The van der Waals surface area contributed by atoms with E-state index in [9.17, 15) is 0 Å². The van der Waals surface area contributed by atoms with Crippen LogP contribution in [0, 0.1) is 0 Å². The first kappa shape index (κ1) is 10.3. The third kappa shape index (κ3) is 1.77. The van der Waals surface area contributed by atoms with Crippen molar-refractivity contribution < 1.29 is 0 Å². The smallest absolute Gasteiger partial charge is 0.168 e. The molecule has 6 heteroatoms. The lowest BCUT2D eigenvalue weighted by Crippen LogP contribution is -2.19. The molecule has 0 amide bonds. The number of fused-ring (bicyclic) bond motifs is 1. The van der Waals surface area contributed by atoms with Gasteiger partial charge in [0, 0.05) is 22.6 Å². The Kier molecular flexibility index (Phi) is 2.51. The van der Waals surface area contributed by atoms with Crippen LogP contribution in [0.1, 0.15) is 5.56 Å². The molecule has 0 radical (unpaired) electrons. The predicted molar refractivity (Wildman–Crippen MR) is 69.8 cm³/mol. The number of hydrogen-bond acceptors (Lipinski definition) is 4. The molecule has 5 nitrogen and oxygen atoms in total. The van der Waals surface area contributed by atoms with Crippen molar-refractivity contribution in [1.82, 2.24) is 4.90 Å². The molecule has 2 aliphatic heterocycles. The Morgan fingerprint density at radius 2 is 2.18 bits per heavy atom. The molecule has 0 aliphatic carbocycles. The Morgan fingerprint density at radius 3 is 2.94 bits per heavy atom. The Hall–Kier alpha value is -1.91. The maximum atomic E-state index is 8.34. The molecule has 2 aliphatic rings. The van der Waals surface area contributed by atoms with Gasteiger partial charge in [-0.15, -0.1) is 0 Å². The summed E-state index contributed by atoms with van der Waals surface area (Å²) in [4.78, 5) is 9.39. The zero-order chi connectivity index (χ0) is 11.7. The van der Waals surface area contributed by atoms with Gasteiger partial charge in [-0.05, 0) is 11.1 Å². The van der Waals surface area contributed by atoms with Gasteiger partial charge < -0.3 is 4.90 Å². The van der Waals surface area contributed by atoms with E-state index in [4.69, 9.17) is 5.53 Å². The van der Waals surface area contributed by atoms with Crippen molar-refractivity contribution in [2.45, 2.75) is 0 Å². The Bertz CT molecular complexity index is 554. The Balaban J connectivity index is 1.90. The van der Waals surface area contributed by atoms with Gasteiger partial charge in [-0.25, -0.2) is 0 Å². The monoisotopic (exact) mass is 243 g/mol. The highest BCUT2D eigenvalue weighted by molar-refractivity contribution is 8.16. The van der Waals surface area contributed by atoms with Crippen molar-refractivity contribution in [1.29, 1.82) is 0 Å². The van der Waals surface area contributed by atoms with E-state index in [1.165, 1.54) is 5.70 Å². The fourth-order valence-corrected chi connectivity index (χ4v) is 2.86. The molecule has 0 bridgehead atoms. The highest BCUT2D eigenvalue weighted by Gasteiger charge is 2.26. The van der Waals surface area contributed by atoms with Crippen LogP contribution >= 0.6 is 11.8 Å². The SMILES string of the molecule is [N-]=[N+]=Nc1ccc(C2=CSC3=NCCN23)cc1. The number of aliphatic imine (C=N–C) groups is 1. The van der Waals surface area contributed by atoms with E-state index in [1.54, 1.807) is 11.8 Å². The molecule has 0 saturated carbocycles. The summed E-state index contributed by atoms with van der Waals surface area (Å²) >= 11 is 1.66. The van der Waals surface area contributed by atoms with Crippen LogP contribution in [0.25, 0.3) is 16.1 Å². The molecular weight excluding hydrogens is 234 g/mol. The number of hydrogen-bond donors (Lipinski definition) is 0. The van der Waals surface area contributed by atoms with Gasteiger partial charge in [0.2, 0.25) is 0 Å². The van der Waals surface area contributed by atoms with Crippen LogP contribution in [-0.4, -0.2) is 23.2 Å². The number of amidine groups is 1. The molecule has 1 aromatic rings. The first-order valence-corrected chi connectivity index (χ1v) is 6.11. The van der Waals surface area contributed by atoms with Gasteiger partial charge in [0.25, 0.3) is 0 Å². The van der Waals surface area contributed by atoms with E-state index in [2.05, 4.69) is 25.3 Å². The van der Waals surface area contributed by atoms with Gasteiger partial charge in [-0.1, -0.05) is 41.1 Å². The second-order valence-electron chi connectivity index (χ2n) is 3.67. The number of azide groups is 1. The molecule has 0 unspecified atom stereocenters. The highest BCUT2D eigenvalue weighted by atomic mass is 32.2. The molecule has 17 heavy (non-hydrogen) atoms. The highest BCUT2D eigenvalue weighted by Crippen LogP contribution is 2.35. The molecule has 84 valence electrons. The van der Waals surface area contributed by atoms with Gasteiger partial charge in [0.15, 0.2) is 5.17 Å². The van der Waals surface area contributed by atoms with E-state index in [-0.39, 0.29) is 0 Å².